The summed E-state index contributed by atoms with van der Waals surface area (Å²) in [6.45, 7) is 4.98. The fourth-order valence-corrected chi connectivity index (χ4v) is 6.05. The Balaban J connectivity index is 1.23. The molecule has 0 spiro atoms. The predicted molar refractivity (Wildman–Crippen MR) is 136 cm³/mol. The van der Waals surface area contributed by atoms with Gasteiger partial charge in [0, 0.05) is 35.4 Å². The summed E-state index contributed by atoms with van der Waals surface area (Å²) in [5, 5.41) is 11.9. The fourth-order valence-electron chi connectivity index (χ4n) is 4.51. The highest BCUT2D eigenvalue weighted by molar-refractivity contribution is 8.00. The molecule has 2 aliphatic heterocycles. The molecular weight excluding hydrogens is 450 g/mol. The summed E-state index contributed by atoms with van der Waals surface area (Å²) in [5.41, 5.74) is 0. The molecule has 2 aromatic carbocycles. The number of nitrogens with one attached hydrogen (secondary N) is 3. The summed E-state index contributed by atoms with van der Waals surface area (Å²) in [7, 11) is 0. The molecule has 1 unspecified atom stereocenters. The Bertz CT molecular complexity index is 980. The molecule has 0 aliphatic carbocycles. The maximum absolute atomic E-state index is 12.6. The minimum Gasteiger partial charge on any atom is -0.489 e. The molecule has 7 nitrogen and oxygen atoms in total. The first kappa shape index (κ1) is 24.7. The summed E-state index contributed by atoms with van der Waals surface area (Å²) in [6, 6.07) is 14.8. The van der Waals surface area contributed by atoms with Crippen LogP contribution in [0.15, 0.2) is 42.5 Å². The molecule has 0 radical (unpaired) electrons. The Labute approximate surface area is 205 Å². The number of ether oxygens (including phenoxy) is 2. The van der Waals surface area contributed by atoms with Gasteiger partial charge in [0.15, 0.2) is 0 Å². The molecule has 2 aromatic rings. The van der Waals surface area contributed by atoms with E-state index in [2.05, 4.69) is 41.9 Å². The van der Waals surface area contributed by atoms with E-state index in [1.54, 1.807) is 0 Å². The quantitative estimate of drug-likeness (QED) is 0.240. The van der Waals surface area contributed by atoms with Crippen LogP contribution in [0.4, 0.5) is 4.79 Å². The Hall–Kier alpha value is -2.45. The zero-order valence-corrected chi connectivity index (χ0v) is 20.7. The number of hydrogen-bond acceptors (Lipinski definition) is 6. The van der Waals surface area contributed by atoms with Crippen molar-refractivity contribution in [2.75, 3.05) is 18.9 Å². The topological polar surface area (TPSA) is 88.7 Å². The molecule has 2 amide bonds. The van der Waals surface area contributed by atoms with Crippen molar-refractivity contribution in [3.8, 4) is 5.75 Å². The van der Waals surface area contributed by atoms with Crippen LogP contribution in [0.2, 0.25) is 0 Å². The van der Waals surface area contributed by atoms with Crippen LogP contribution in [0.25, 0.3) is 10.8 Å². The van der Waals surface area contributed by atoms with Crippen LogP contribution >= 0.6 is 11.8 Å². The van der Waals surface area contributed by atoms with Gasteiger partial charge in [0.05, 0.1) is 12.1 Å². The van der Waals surface area contributed by atoms with Crippen molar-refractivity contribution in [3.63, 3.8) is 0 Å². The molecule has 8 heteroatoms. The second-order valence-electron chi connectivity index (χ2n) is 9.33. The second-order valence-corrected chi connectivity index (χ2v) is 10.6. The highest BCUT2D eigenvalue weighted by atomic mass is 32.2. The van der Waals surface area contributed by atoms with Gasteiger partial charge in [-0.05, 0) is 24.3 Å². The van der Waals surface area contributed by atoms with Crippen LogP contribution in [0.3, 0.4) is 0 Å². The highest BCUT2D eigenvalue weighted by Crippen LogP contribution is 2.33. The molecule has 0 bridgehead atoms. The molecule has 34 heavy (non-hydrogen) atoms. The summed E-state index contributed by atoms with van der Waals surface area (Å²) >= 11 is 1.90. The Morgan fingerprint density at radius 1 is 1.15 bits per heavy atom. The van der Waals surface area contributed by atoms with Crippen LogP contribution in [0.5, 0.6) is 5.75 Å². The Morgan fingerprint density at radius 3 is 2.82 bits per heavy atom. The standard InChI is InChI=1S/C26H35N3O4S/c1-17(2)27-14-19(15-32-22-11-7-9-18-8-3-4-10-20(18)22)33-24(30)13-6-5-12-23-25-21(16-34-23)28-26(31)29-25/h3-4,7-11,17,19,21,23,25,27H,5-6,12-16H2,1-2H3,(H2,28,29,31)/t19?,21-,23-,25-/m0/s1. The van der Waals surface area contributed by atoms with Crippen LogP contribution in [0, 0.1) is 0 Å². The van der Waals surface area contributed by atoms with Crippen LogP contribution in [-0.2, 0) is 9.53 Å². The smallest absolute Gasteiger partial charge is 0.315 e. The number of fused-ring (bicyclic) bond motifs is 2. The molecule has 184 valence electrons. The van der Waals surface area contributed by atoms with E-state index in [-0.39, 0.29) is 36.2 Å². The van der Waals surface area contributed by atoms with E-state index >= 15 is 0 Å². The first-order chi connectivity index (χ1) is 16.5. The van der Waals surface area contributed by atoms with Crippen LogP contribution in [-0.4, -0.2) is 60.4 Å². The number of carbonyl (C=O) groups is 2. The maximum atomic E-state index is 12.6. The average Bonchev–Trinajstić information content (AvgIpc) is 3.37. The largest absolute Gasteiger partial charge is 0.489 e. The highest BCUT2D eigenvalue weighted by Gasteiger charge is 2.42. The monoisotopic (exact) mass is 485 g/mol. The number of unbranched alkanes of at least 4 members (excludes halogenated alkanes) is 1. The van der Waals surface area contributed by atoms with E-state index in [9.17, 15) is 9.59 Å². The Morgan fingerprint density at radius 2 is 1.97 bits per heavy atom. The zero-order valence-electron chi connectivity index (χ0n) is 19.9. The van der Waals surface area contributed by atoms with Gasteiger partial charge in [-0.1, -0.05) is 56.7 Å². The van der Waals surface area contributed by atoms with E-state index in [1.807, 2.05) is 42.1 Å². The predicted octanol–water partition coefficient (Wildman–Crippen LogP) is 3.85. The van der Waals surface area contributed by atoms with Gasteiger partial charge in [0.1, 0.15) is 18.5 Å². The lowest BCUT2D eigenvalue weighted by atomic mass is 10.0. The lowest BCUT2D eigenvalue weighted by molar-refractivity contribution is -0.150. The summed E-state index contributed by atoms with van der Waals surface area (Å²) < 4.78 is 11.9. The number of urea groups is 1. The molecule has 2 heterocycles. The van der Waals surface area contributed by atoms with Crippen LogP contribution in [0.1, 0.15) is 39.5 Å². The van der Waals surface area contributed by atoms with Crippen molar-refractivity contribution in [2.45, 2.75) is 69.0 Å². The number of carbonyl (C=O) groups excluding carboxylic acids is 2. The third-order valence-corrected chi connectivity index (χ3v) is 7.79. The lowest BCUT2D eigenvalue weighted by Crippen LogP contribution is -2.38. The molecule has 3 N–H and O–H groups in total. The first-order valence-corrected chi connectivity index (χ1v) is 13.3. The van der Waals surface area contributed by atoms with E-state index in [0.717, 1.165) is 41.5 Å². The van der Waals surface area contributed by atoms with Gasteiger partial charge in [0.2, 0.25) is 0 Å². The number of benzene rings is 2. The number of amides is 2. The van der Waals surface area contributed by atoms with Crippen LogP contribution < -0.4 is 20.7 Å². The lowest BCUT2D eigenvalue weighted by Gasteiger charge is -2.21. The normalized spacial score (nSPS) is 22.3. The van der Waals surface area contributed by atoms with E-state index < -0.39 is 0 Å². The van der Waals surface area contributed by atoms with Gasteiger partial charge >= 0.3 is 12.0 Å². The fraction of sp³-hybridized carbons (Fsp3) is 0.538. The number of rotatable bonds is 12. The van der Waals surface area contributed by atoms with Gasteiger partial charge < -0.3 is 25.4 Å². The van der Waals surface area contributed by atoms with Crippen molar-refractivity contribution >= 4 is 34.5 Å². The molecule has 2 fully saturated rings. The Kier molecular flexibility index (Phi) is 8.56. The number of thioether (sulfide) groups is 1. The third kappa shape index (κ3) is 6.57. The summed E-state index contributed by atoms with van der Waals surface area (Å²) in [4.78, 5) is 24.1. The number of hydrogen-bond donors (Lipinski definition) is 3. The third-order valence-electron chi connectivity index (χ3n) is 6.28. The van der Waals surface area contributed by atoms with Gasteiger partial charge in [-0.2, -0.15) is 11.8 Å². The van der Waals surface area contributed by atoms with Crippen molar-refractivity contribution < 1.29 is 19.1 Å². The summed E-state index contributed by atoms with van der Waals surface area (Å²) in [5.74, 6) is 1.56. The zero-order chi connectivity index (χ0) is 23.9. The van der Waals surface area contributed by atoms with E-state index in [1.165, 1.54) is 0 Å². The van der Waals surface area contributed by atoms with E-state index in [4.69, 9.17) is 9.47 Å². The SMILES string of the molecule is CC(C)NCC(COc1cccc2ccccc12)OC(=O)CCCC[C@@H]1SC[C@@H]2NC(=O)N[C@@H]21. The van der Waals surface area contributed by atoms with Gasteiger partial charge in [-0.25, -0.2) is 4.79 Å². The second kappa shape index (κ2) is 11.8. The molecule has 4 rings (SSSR count). The van der Waals surface area contributed by atoms with Crippen molar-refractivity contribution in [1.29, 1.82) is 0 Å². The average molecular weight is 486 g/mol. The van der Waals surface area contributed by atoms with Crippen molar-refractivity contribution in [3.05, 3.63) is 42.5 Å². The minimum absolute atomic E-state index is 0.0596. The molecule has 0 saturated carbocycles. The molecular formula is C26H35N3O4S. The van der Waals surface area contributed by atoms with E-state index in [0.29, 0.717) is 24.8 Å². The van der Waals surface area contributed by atoms with Crippen molar-refractivity contribution in [2.24, 2.45) is 0 Å². The van der Waals surface area contributed by atoms with Gasteiger partial charge in [-0.3, -0.25) is 4.79 Å². The van der Waals surface area contributed by atoms with Gasteiger partial charge in [0.25, 0.3) is 0 Å². The maximum Gasteiger partial charge on any atom is 0.315 e. The molecule has 0 aromatic heterocycles. The van der Waals surface area contributed by atoms with Gasteiger partial charge in [-0.15, -0.1) is 0 Å². The van der Waals surface area contributed by atoms with Crippen molar-refractivity contribution in [1.82, 2.24) is 16.0 Å². The first-order valence-electron chi connectivity index (χ1n) is 12.2. The molecule has 4 atom stereocenters. The molecule has 2 aliphatic rings. The summed E-state index contributed by atoms with van der Waals surface area (Å²) in [6.07, 6.45) is 2.74. The molecule has 2 saturated heterocycles. The number of esters is 1. The minimum atomic E-state index is -0.361.